The zero-order chi connectivity index (χ0) is 24.2. The molecule has 2 aliphatic rings. The SMILES string of the molecule is Cc1ccc(CNc2nc(NC3CCOCC3)nc3c(C(C)C)cnn23)cc1CCC1CCNC1. The van der Waals surface area contributed by atoms with Gasteiger partial charge in [-0.15, -0.1) is 0 Å². The molecule has 8 nitrogen and oxygen atoms in total. The molecular formula is C27H39N7O. The van der Waals surface area contributed by atoms with Crippen molar-refractivity contribution in [2.75, 3.05) is 36.9 Å². The van der Waals surface area contributed by atoms with E-state index in [0.29, 0.717) is 24.5 Å². The maximum Gasteiger partial charge on any atom is 0.229 e. The van der Waals surface area contributed by atoms with Gasteiger partial charge in [0.05, 0.1) is 6.20 Å². The number of nitrogens with one attached hydrogen (secondary N) is 3. The van der Waals surface area contributed by atoms with Gasteiger partial charge in [0.15, 0.2) is 5.65 Å². The maximum absolute atomic E-state index is 5.51. The molecule has 5 rings (SSSR count). The number of aromatic nitrogens is 4. The summed E-state index contributed by atoms with van der Waals surface area (Å²) in [5.41, 5.74) is 6.08. The normalized spacial score (nSPS) is 19.0. The number of rotatable bonds is 9. The summed E-state index contributed by atoms with van der Waals surface area (Å²) in [7, 11) is 0. The molecule has 0 spiro atoms. The fourth-order valence-corrected chi connectivity index (χ4v) is 5.11. The fourth-order valence-electron chi connectivity index (χ4n) is 5.11. The van der Waals surface area contributed by atoms with E-state index in [4.69, 9.17) is 14.7 Å². The van der Waals surface area contributed by atoms with Crippen LogP contribution in [0.5, 0.6) is 0 Å². The highest BCUT2D eigenvalue weighted by atomic mass is 16.5. The van der Waals surface area contributed by atoms with Crippen LogP contribution in [-0.4, -0.2) is 51.9 Å². The van der Waals surface area contributed by atoms with Crippen molar-refractivity contribution < 1.29 is 4.74 Å². The maximum atomic E-state index is 5.51. The van der Waals surface area contributed by atoms with Gasteiger partial charge in [-0.1, -0.05) is 32.0 Å². The van der Waals surface area contributed by atoms with E-state index < -0.39 is 0 Å². The van der Waals surface area contributed by atoms with Crippen LogP contribution in [0.4, 0.5) is 11.9 Å². The van der Waals surface area contributed by atoms with Crippen molar-refractivity contribution in [2.24, 2.45) is 5.92 Å². The Morgan fingerprint density at radius 3 is 2.80 bits per heavy atom. The zero-order valence-corrected chi connectivity index (χ0v) is 21.3. The minimum Gasteiger partial charge on any atom is -0.381 e. The van der Waals surface area contributed by atoms with Crippen LogP contribution < -0.4 is 16.0 Å². The first kappa shape index (κ1) is 24.0. The summed E-state index contributed by atoms with van der Waals surface area (Å²) in [6.07, 6.45) is 7.55. The summed E-state index contributed by atoms with van der Waals surface area (Å²) in [5, 5.41) is 15.2. The molecule has 3 aromatic rings. The van der Waals surface area contributed by atoms with E-state index in [0.717, 1.165) is 62.1 Å². The van der Waals surface area contributed by atoms with Crippen molar-refractivity contribution in [1.82, 2.24) is 24.9 Å². The van der Waals surface area contributed by atoms with Crippen LogP contribution in [0, 0.1) is 12.8 Å². The highest BCUT2D eigenvalue weighted by molar-refractivity contribution is 5.56. The Morgan fingerprint density at radius 1 is 1.17 bits per heavy atom. The topological polar surface area (TPSA) is 88.4 Å². The molecule has 35 heavy (non-hydrogen) atoms. The number of benzene rings is 1. The van der Waals surface area contributed by atoms with Gasteiger partial charge in [0, 0.05) is 31.4 Å². The van der Waals surface area contributed by atoms with Gasteiger partial charge in [-0.05, 0) is 80.6 Å². The third-order valence-corrected chi connectivity index (χ3v) is 7.42. The molecule has 2 aliphatic heterocycles. The number of fused-ring (bicyclic) bond motifs is 1. The van der Waals surface area contributed by atoms with Crippen LogP contribution in [0.2, 0.25) is 0 Å². The van der Waals surface area contributed by atoms with E-state index in [-0.39, 0.29) is 0 Å². The Morgan fingerprint density at radius 2 is 2.03 bits per heavy atom. The third kappa shape index (κ3) is 5.76. The van der Waals surface area contributed by atoms with Gasteiger partial charge in [-0.2, -0.15) is 19.6 Å². The average Bonchev–Trinajstić information content (AvgIpc) is 3.53. The first-order valence-corrected chi connectivity index (χ1v) is 13.2. The molecule has 0 bridgehead atoms. The molecule has 2 saturated heterocycles. The van der Waals surface area contributed by atoms with Gasteiger partial charge in [0.25, 0.3) is 0 Å². The van der Waals surface area contributed by atoms with Gasteiger partial charge in [-0.3, -0.25) is 0 Å². The molecule has 2 aromatic heterocycles. The molecule has 1 unspecified atom stereocenters. The molecular weight excluding hydrogens is 438 g/mol. The largest absolute Gasteiger partial charge is 0.381 e. The molecule has 3 N–H and O–H groups in total. The monoisotopic (exact) mass is 477 g/mol. The van der Waals surface area contributed by atoms with Crippen LogP contribution in [0.1, 0.15) is 67.7 Å². The molecule has 4 heterocycles. The quantitative estimate of drug-likeness (QED) is 0.423. The summed E-state index contributed by atoms with van der Waals surface area (Å²) >= 11 is 0. The molecule has 2 fully saturated rings. The van der Waals surface area contributed by atoms with Crippen LogP contribution in [0.25, 0.3) is 5.65 Å². The Kier molecular flexibility index (Phi) is 7.48. The van der Waals surface area contributed by atoms with E-state index >= 15 is 0 Å². The molecule has 1 atom stereocenters. The van der Waals surface area contributed by atoms with E-state index in [1.165, 1.54) is 36.1 Å². The van der Waals surface area contributed by atoms with Crippen LogP contribution in [-0.2, 0) is 17.7 Å². The summed E-state index contributed by atoms with van der Waals surface area (Å²) in [6, 6.07) is 7.15. The first-order chi connectivity index (χ1) is 17.1. The van der Waals surface area contributed by atoms with Crippen LogP contribution in [0.15, 0.2) is 24.4 Å². The molecule has 0 amide bonds. The summed E-state index contributed by atoms with van der Waals surface area (Å²) in [6.45, 7) is 11.1. The molecule has 0 saturated carbocycles. The predicted octanol–water partition coefficient (Wildman–Crippen LogP) is 4.30. The number of nitrogens with zero attached hydrogens (tertiary/aromatic N) is 4. The third-order valence-electron chi connectivity index (χ3n) is 7.42. The number of anilines is 2. The van der Waals surface area contributed by atoms with Gasteiger partial charge in [0.1, 0.15) is 0 Å². The van der Waals surface area contributed by atoms with Crippen LogP contribution in [0.3, 0.4) is 0 Å². The Hall–Kier alpha value is -2.71. The second-order valence-corrected chi connectivity index (χ2v) is 10.4. The van der Waals surface area contributed by atoms with Crippen molar-refractivity contribution in [1.29, 1.82) is 0 Å². The molecule has 1 aromatic carbocycles. The summed E-state index contributed by atoms with van der Waals surface area (Å²) in [5.74, 6) is 2.52. The lowest BCUT2D eigenvalue weighted by Crippen LogP contribution is -2.29. The van der Waals surface area contributed by atoms with Crippen molar-refractivity contribution in [2.45, 2.75) is 71.4 Å². The summed E-state index contributed by atoms with van der Waals surface area (Å²) < 4.78 is 7.35. The van der Waals surface area contributed by atoms with E-state index in [2.05, 4.69) is 60.0 Å². The Balaban J connectivity index is 1.34. The van der Waals surface area contributed by atoms with Crippen molar-refractivity contribution in [3.63, 3.8) is 0 Å². The number of hydrogen-bond donors (Lipinski definition) is 3. The van der Waals surface area contributed by atoms with E-state index in [9.17, 15) is 0 Å². The average molecular weight is 478 g/mol. The minimum atomic E-state index is 0.333. The first-order valence-electron chi connectivity index (χ1n) is 13.2. The second kappa shape index (κ2) is 10.9. The van der Waals surface area contributed by atoms with Crippen molar-refractivity contribution in [3.05, 3.63) is 46.6 Å². The van der Waals surface area contributed by atoms with Crippen molar-refractivity contribution in [3.8, 4) is 0 Å². The van der Waals surface area contributed by atoms with E-state index in [1.54, 1.807) is 0 Å². The highest BCUT2D eigenvalue weighted by Gasteiger charge is 2.19. The lowest BCUT2D eigenvalue weighted by molar-refractivity contribution is 0.0903. The van der Waals surface area contributed by atoms with Crippen LogP contribution >= 0.6 is 0 Å². The number of ether oxygens (including phenoxy) is 1. The Bertz CT molecular complexity index is 1130. The van der Waals surface area contributed by atoms with Crippen molar-refractivity contribution >= 4 is 17.5 Å². The highest BCUT2D eigenvalue weighted by Crippen LogP contribution is 2.24. The zero-order valence-electron chi connectivity index (χ0n) is 21.3. The molecule has 8 heteroatoms. The standard InChI is InChI=1S/C27H39N7O/c1-18(2)24-17-30-34-25(24)32-26(31-23-9-12-35-13-10-23)33-27(34)29-16-21-5-4-19(3)22(14-21)7-6-20-8-11-28-15-20/h4-5,14,17-18,20,23,28H,6-13,15-16H2,1-3H3,(H2,29,31,32,33). The van der Waals surface area contributed by atoms with Gasteiger partial charge >= 0.3 is 0 Å². The Labute approximate surface area is 208 Å². The van der Waals surface area contributed by atoms with E-state index in [1.807, 2.05) is 10.7 Å². The summed E-state index contributed by atoms with van der Waals surface area (Å²) in [4.78, 5) is 9.68. The molecule has 0 radical (unpaired) electrons. The second-order valence-electron chi connectivity index (χ2n) is 10.4. The fraction of sp³-hybridized carbons (Fsp3) is 0.593. The van der Waals surface area contributed by atoms with Gasteiger partial charge in [-0.25, -0.2) is 0 Å². The number of aryl methyl sites for hydroxylation is 2. The molecule has 0 aliphatic carbocycles. The van der Waals surface area contributed by atoms with Gasteiger partial charge in [0.2, 0.25) is 11.9 Å². The lowest BCUT2D eigenvalue weighted by atomic mass is 9.95. The predicted molar refractivity (Wildman–Crippen MR) is 140 cm³/mol. The lowest BCUT2D eigenvalue weighted by Gasteiger charge is -2.23. The number of hydrogen-bond acceptors (Lipinski definition) is 7. The molecule has 188 valence electrons. The van der Waals surface area contributed by atoms with Gasteiger partial charge < -0.3 is 20.7 Å². The smallest absolute Gasteiger partial charge is 0.229 e. The minimum absolute atomic E-state index is 0.333.